The van der Waals surface area contributed by atoms with Crippen LogP contribution in [0.15, 0.2) is 66.0 Å². The number of thioether (sulfide) groups is 1. The minimum Gasteiger partial charge on any atom is -0.325 e. The number of hydrogen-bond donors (Lipinski definition) is 1. The summed E-state index contributed by atoms with van der Waals surface area (Å²) in [5, 5.41) is 14.6. The molecule has 0 radical (unpaired) electrons. The lowest BCUT2D eigenvalue weighted by molar-refractivity contribution is -0.113. The third kappa shape index (κ3) is 4.21. The van der Waals surface area contributed by atoms with Crippen LogP contribution in [0.5, 0.6) is 0 Å². The van der Waals surface area contributed by atoms with Gasteiger partial charge in [-0.2, -0.15) is 0 Å². The third-order valence-electron chi connectivity index (χ3n) is 4.79. The lowest BCUT2D eigenvalue weighted by atomic mass is 10.0. The highest BCUT2D eigenvalue weighted by Crippen LogP contribution is 2.28. The SMILES string of the molecule is CCCn1c(SCC(=O)Nc2c(C)ccc3ccccc23)nnc1-c1ccccn1. The maximum absolute atomic E-state index is 12.7. The molecule has 0 spiro atoms. The maximum Gasteiger partial charge on any atom is 0.234 e. The first-order valence-electron chi connectivity index (χ1n) is 9.93. The van der Waals surface area contributed by atoms with E-state index in [4.69, 9.17) is 0 Å². The van der Waals surface area contributed by atoms with Gasteiger partial charge in [0, 0.05) is 18.1 Å². The number of rotatable bonds is 7. The van der Waals surface area contributed by atoms with Crippen molar-refractivity contribution >= 4 is 34.1 Å². The molecule has 0 aliphatic carbocycles. The molecule has 0 saturated heterocycles. The Kier molecular flexibility index (Phi) is 6.09. The van der Waals surface area contributed by atoms with Gasteiger partial charge in [-0.25, -0.2) is 0 Å². The number of hydrogen-bond acceptors (Lipinski definition) is 5. The Morgan fingerprint density at radius 1 is 1.07 bits per heavy atom. The number of anilines is 1. The van der Waals surface area contributed by atoms with Gasteiger partial charge in [0.1, 0.15) is 5.69 Å². The molecule has 2 aromatic carbocycles. The topological polar surface area (TPSA) is 72.7 Å². The molecule has 152 valence electrons. The fraction of sp³-hybridized carbons (Fsp3) is 0.217. The summed E-state index contributed by atoms with van der Waals surface area (Å²) in [5.74, 6) is 0.919. The van der Waals surface area contributed by atoms with Crippen LogP contribution in [0, 0.1) is 6.92 Å². The lowest BCUT2D eigenvalue weighted by Crippen LogP contribution is -2.16. The predicted molar refractivity (Wildman–Crippen MR) is 122 cm³/mol. The highest BCUT2D eigenvalue weighted by atomic mass is 32.2. The largest absolute Gasteiger partial charge is 0.325 e. The molecule has 0 bridgehead atoms. The van der Waals surface area contributed by atoms with Gasteiger partial charge in [-0.1, -0.05) is 61.2 Å². The number of carbonyl (C=O) groups is 1. The smallest absolute Gasteiger partial charge is 0.234 e. The molecule has 0 unspecified atom stereocenters. The van der Waals surface area contributed by atoms with Crippen LogP contribution in [-0.4, -0.2) is 31.4 Å². The number of nitrogens with one attached hydrogen (secondary N) is 1. The Bertz CT molecular complexity index is 1170. The summed E-state index contributed by atoms with van der Waals surface area (Å²) in [5.41, 5.74) is 2.68. The second kappa shape index (κ2) is 9.09. The first kappa shape index (κ1) is 20.1. The van der Waals surface area contributed by atoms with Crippen LogP contribution >= 0.6 is 11.8 Å². The summed E-state index contributed by atoms with van der Waals surface area (Å²) >= 11 is 1.39. The summed E-state index contributed by atoms with van der Waals surface area (Å²) in [6.45, 7) is 4.88. The van der Waals surface area contributed by atoms with E-state index in [0.717, 1.165) is 51.7 Å². The molecule has 7 heteroatoms. The number of benzene rings is 2. The Hall–Kier alpha value is -3.19. The molecule has 0 fully saturated rings. The van der Waals surface area contributed by atoms with Crippen molar-refractivity contribution < 1.29 is 4.79 Å². The summed E-state index contributed by atoms with van der Waals surface area (Å²) in [4.78, 5) is 17.1. The molecule has 1 N–H and O–H groups in total. The number of amides is 1. The van der Waals surface area contributed by atoms with Crippen LogP contribution in [0.25, 0.3) is 22.3 Å². The Morgan fingerprint density at radius 3 is 2.70 bits per heavy atom. The van der Waals surface area contributed by atoms with Crippen molar-refractivity contribution in [1.82, 2.24) is 19.7 Å². The number of nitrogens with zero attached hydrogens (tertiary/aromatic N) is 4. The van der Waals surface area contributed by atoms with E-state index in [9.17, 15) is 4.79 Å². The van der Waals surface area contributed by atoms with E-state index in [1.165, 1.54) is 11.8 Å². The number of aromatic nitrogens is 4. The molecule has 0 saturated carbocycles. The van der Waals surface area contributed by atoms with Crippen molar-refractivity contribution in [2.75, 3.05) is 11.1 Å². The van der Waals surface area contributed by atoms with Crippen molar-refractivity contribution in [2.45, 2.75) is 32.0 Å². The molecule has 4 rings (SSSR count). The highest BCUT2D eigenvalue weighted by Gasteiger charge is 2.16. The van der Waals surface area contributed by atoms with Gasteiger partial charge in [-0.15, -0.1) is 10.2 Å². The molecule has 6 nitrogen and oxygen atoms in total. The van der Waals surface area contributed by atoms with Crippen molar-refractivity contribution in [3.8, 4) is 11.5 Å². The van der Waals surface area contributed by atoms with Crippen LogP contribution in [0.2, 0.25) is 0 Å². The lowest BCUT2D eigenvalue weighted by Gasteiger charge is -2.12. The maximum atomic E-state index is 12.7. The van der Waals surface area contributed by atoms with Gasteiger partial charge in [0.25, 0.3) is 0 Å². The predicted octanol–water partition coefficient (Wildman–Crippen LogP) is 4.94. The normalized spacial score (nSPS) is 11.0. The fourth-order valence-electron chi connectivity index (χ4n) is 3.36. The third-order valence-corrected chi connectivity index (χ3v) is 5.76. The van der Waals surface area contributed by atoms with E-state index in [0.29, 0.717) is 0 Å². The zero-order valence-corrected chi connectivity index (χ0v) is 17.8. The Morgan fingerprint density at radius 2 is 1.90 bits per heavy atom. The van der Waals surface area contributed by atoms with Crippen LogP contribution in [-0.2, 0) is 11.3 Å². The van der Waals surface area contributed by atoms with Gasteiger partial charge < -0.3 is 9.88 Å². The average molecular weight is 418 g/mol. The van der Waals surface area contributed by atoms with Crippen LogP contribution in [0.1, 0.15) is 18.9 Å². The van der Waals surface area contributed by atoms with E-state index < -0.39 is 0 Å². The van der Waals surface area contributed by atoms with E-state index in [1.807, 2.05) is 60.0 Å². The minimum absolute atomic E-state index is 0.0649. The molecular formula is C23H23N5OS. The molecule has 2 aromatic heterocycles. The quantitative estimate of drug-likeness (QED) is 0.431. The number of carbonyl (C=O) groups excluding carboxylic acids is 1. The van der Waals surface area contributed by atoms with E-state index in [2.05, 4.69) is 33.5 Å². The zero-order valence-electron chi connectivity index (χ0n) is 17.0. The summed E-state index contributed by atoms with van der Waals surface area (Å²) in [7, 11) is 0. The van der Waals surface area contributed by atoms with E-state index in [1.54, 1.807) is 6.20 Å². The molecular weight excluding hydrogens is 394 g/mol. The Balaban J connectivity index is 1.51. The summed E-state index contributed by atoms with van der Waals surface area (Å²) < 4.78 is 2.03. The van der Waals surface area contributed by atoms with Gasteiger partial charge >= 0.3 is 0 Å². The van der Waals surface area contributed by atoms with E-state index >= 15 is 0 Å². The fourth-order valence-corrected chi connectivity index (χ4v) is 4.12. The van der Waals surface area contributed by atoms with Gasteiger partial charge in [0.2, 0.25) is 5.91 Å². The van der Waals surface area contributed by atoms with Crippen LogP contribution in [0.3, 0.4) is 0 Å². The molecule has 0 aliphatic rings. The Labute approximate surface area is 179 Å². The van der Waals surface area contributed by atoms with Gasteiger partial charge in [-0.05, 0) is 36.4 Å². The van der Waals surface area contributed by atoms with Gasteiger partial charge in [-0.3, -0.25) is 9.78 Å². The molecule has 4 aromatic rings. The highest BCUT2D eigenvalue weighted by molar-refractivity contribution is 7.99. The first-order valence-corrected chi connectivity index (χ1v) is 10.9. The van der Waals surface area contributed by atoms with Crippen molar-refractivity contribution in [3.63, 3.8) is 0 Å². The van der Waals surface area contributed by atoms with Gasteiger partial charge in [0.05, 0.1) is 11.4 Å². The van der Waals surface area contributed by atoms with Gasteiger partial charge in [0.15, 0.2) is 11.0 Å². The molecule has 0 atom stereocenters. The number of pyridine rings is 1. The molecule has 30 heavy (non-hydrogen) atoms. The summed E-state index contributed by atoms with van der Waals surface area (Å²) in [6.07, 6.45) is 2.68. The second-order valence-corrected chi connectivity index (χ2v) is 7.93. The average Bonchev–Trinajstić information content (AvgIpc) is 3.18. The number of fused-ring (bicyclic) bond motifs is 1. The van der Waals surface area contributed by atoms with Crippen molar-refractivity contribution in [1.29, 1.82) is 0 Å². The second-order valence-electron chi connectivity index (χ2n) is 6.99. The summed E-state index contributed by atoms with van der Waals surface area (Å²) in [6, 6.07) is 17.9. The van der Waals surface area contributed by atoms with Crippen LogP contribution < -0.4 is 5.32 Å². The van der Waals surface area contributed by atoms with E-state index in [-0.39, 0.29) is 11.7 Å². The molecule has 2 heterocycles. The monoisotopic (exact) mass is 417 g/mol. The number of aryl methyl sites for hydroxylation is 1. The molecule has 0 aliphatic heterocycles. The van der Waals surface area contributed by atoms with Crippen molar-refractivity contribution in [3.05, 3.63) is 66.4 Å². The zero-order chi connectivity index (χ0) is 20.9. The van der Waals surface area contributed by atoms with Crippen LogP contribution in [0.4, 0.5) is 5.69 Å². The molecule has 1 amide bonds. The standard InChI is InChI=1S/C23H23N5OS/c1-3-14-28-22(19-10-6-7-13-24-19)26-27-23(28)30-15-20(29)25-21-16(2)11-12-17-8-4-5-9-18(17)21/h4-13H,3,14-15H2,1-2H3,(H,25,29). The van der Waals surface area contributed by atoms with Crippen molar-refractivity contribution in [2.24, 2.45) is 0 Å². The minimum atomic E-state index is -0.0649. The first-order chi connectivity index (χ1) is 14.7.